The molecule has 3 nitrogen and oxygen atoms in total. The molecular weight excluding hydrogens is 372 g/mol. The normalized spacial score (nSPS) is 18.2. The molecule has 29 heavy (non-hydrogen) atoms. The van der Waals surface area contributed by atoms with Gasteiger partial charge in [0.25, 0.3) is 5.91 Å². The van der Waals surface area contributed by atoms with Gasteiger partial charge in [0.1, 0.15) is 17.2 Å². The summed E-state index contributed by atoms with van der Waals surface area (Å²) in [6, 6.07) is 10.9. The molecule has 2 aromatic carbocycles. The van der Waals surface area contributed by atoms with Gasteiger partial charge in [0.05, 0.1) is 0 Å². The highest BCUT2D eigenvalue weighted by atomic mass is 19.1. The van der Waals surface area contributed by atoms with Crippen LogP contribution in [-0.2, 0) is 11.2 Å². The lowest BCUT2D eigenvalue weighted by Crippen LogP contribution is -2.51. The first-order valence-corrected chi connectivity index (χ1v) is 10.3. The highest BCUT2D eigenvalue weighted by Crippen LogP contribution is 2.29. The standard InChI is InChI=1S/C24H29F2NO2/c1-24(2,29)23(28)27-14-6-4-3-5-12-20(27)16-18-10-8-13-21(22(18)26)17-9-7-11-19(25)15-17/h7-11,13,15,20,29H,3-6,12,14,16H2,1-2H3/t20-/m1/s1. The third-order valence-corrected chi connectivity index (χ3v) is 5.58. The van der Waals surface area contributed by atoms with Gasteiger partial charge in [-0.15, -0.1) is 0 Å². The van der Waals surface area contributed by atoms with Crippen molar-refractivity contribution in [1.29, 1.82) is 0 Å². The van der Waals surface area contributed by atoms with Crippen LogP contribution in [-0.4, -0.2) is 34.1 Å². The molecule has 1 N–H and O–H groups in total. The molecule has 0 spiro atoms. The van der Waals surface area contributed by atoms with Crippen molar-refractivity contribution in [2.45, 2.75) is 64.0 Å². The highest BCUT2D eigenvalue weighted by molar-refractivity contribution is 5.84. The van der Waals surface area contributed by atoms with Gasteiger partial charge in [0.2, 0.25) is 0 Å². The minimum absolute atomic E-state index is 0.175. The SMILES string of the molecule is CC(C)(O)C(=O)N1CCCCCC[C@@H]1Cc1cccc(-c2cccc(F)c2)c1F. The molecule has 1 atom stereocenters. The first kappa shape index (κ1) is 21.4. The van der Waals surface area contributed by atoms with Crippen molar-refractivity contribution in [2.24, 2.45) is 0 Å². The third kappa shape index (κ3) is 5.21. The predicted molar refractivity (Wildman–Crippen MR) is 110 cm³/mol. The topological polar surface area (TPSA) is 40.5 Å². The second kappa shape index (κ2) is 9.04. The summed E-state index contributed by atoms with van der Waals surface area (Å²) in [5.74, 6) is -1.10. The van der Waals surface area contributed by atoms with E-state index in [1.165, 1.54) is 26.0 Å². The van der Waals surface area contributed by atoms with Crippen LogP contribution in [0, 0.1) is 11.6 Å². The van der Waals surface area contributed by atoms with Crippen molar-refractivity contribution < 1.29 is 18.7 Å². The zero-order chi connectivity index (χ0) is 21.0. The lowest BCUT2D eigenvalue weighted by atomic mass is 9.92. The summed E-state index contributed by atoms with van der Waals surface area (Å²) in [7, 11) is 0. The fraction of sp³-hybridized carbons (Fsp3) is 0.458. The molecule has 0 radical (unpaired) electrons. The fourth-order valence-corrected chi connectivity index (χ4v) is 4.06. The highest BCUT2D eigenvalue weighted by Gasteiger charge is 2.34. The molecule has 1 heterocycles. The van der Waals surface area contributed by atoms with Crippen LogP contribution >= 0.6 is 0 Å². The number of hydrogen-bond acceptors (Lipinski definition) is 2. The molecule has 1 aliphatic heterocycles. The Labute approximate surface area is 171 Å². The summed E-state index contributed by atoms with van der Waals surface area (Å²) >= 11 is 0. The number of carbonyl (C=O) groups is 1. The number of likely N-dealkylation sites (tertiary alicyclic amines) is 1. The van der Waals surface area contributed by atoms with Crippen molar-refractivity contribution in [3.63, 3.8) is 0 Å². The van der Waals surface area contributed by atoms with Crippen molar-refractivity contribution in [3.05, 3.63) is 59.7 Å². The average Bonchev–Trinajstić information content (AvgIpc) is 2.64. The molecule has 2 aromatic rings. The summed E-state index contributed by atoms with van der Waals surface area (Å²) in [6.07, 6.45) is 5.12. The molecule has 1 amide bonds. The lowest BCUT2D eigenvalue weighted by Gasteiger charge is -2.37. The summed E-state index contributed by atoms with van der Waals surface area (Å²) in [5, 5.41) is 10.3. The van der Waals surface area contributed by atoms with Gasteiger partial charge >= 0.3 is 0 Å². The predicted octanol–water partition coefficient (Wildman–Crippen LogP) is 5.11. The number of benzene rings is 2. The smallest absolute Gasteiger partial charge is 0.254 e. The summed E-state index contributed by atoms with van der Waals surface area (Å²) in [5.41, 5.74) is -0.107. The van der Waals surface area contributed by atoms with Gasteiger partial charge in [-0.05, 0) is 56.4 Å². The second-order valence-electron chi connectivity index (χ2n) is 8.41. The van der Waals surface area contributed by atoms with Crippen LogP contribution < -0.4 is 0 Å². The Morgan fingerprint density at radius 2 is 1.83 bits per heavy atom. The van der Waals surface area contributed by atoms with Crippen LogP contribution in [0.3, 0.4) is 0 Å². The lowest BCUT2D eigenvalue weighted by molar-refractivity contribution is -0.150. The van der Waals surface area contributed by atoms with Crippen LogP contribution in [0.4, 0.5) is 8.78 Å². The third-order valence-electron chi connectivity index (χ3n) is 5.58. The number of carbonyl (C=O) groups excluding carboxylic acids is 1. The van der Waals surface area contributed by atoms with E-state index >= 15 is 4.39 Å². The summed E-state index contributed by atoms with van der Waals surface area (Å²) in [4.78, 5) is 14.6. The molecule has 5 heteroatoms. The Hall–Kier alpha value is -2.27. The van der Waals surface area contributed by atoms with E-state index in [0.29, 0.717) is 29.7 Å². The monoisotopic (exact) mass is 401 g/mol. The minimum Gasteiger partial charge on any atom is -0.381 e. The van der Waals surface area contributed by atoms with Gasteiger partial charge in [-0.3, -0.25) is 4.79 Å². The van der Waals surface area contributed by atoms with E-state index in [-0.39, 0.29) is 17.8 Å². The van der Waals surface area contributed by atoms with Crippen molar-refractivity contribution in [1.82, 2.24) is 4.90 Å². The van der Waals surface area contributed by atoms with Crippen molar-refractivity contribution in [2.75, 3.05) is 6.54 Å². The Morgan fingerprint density at radius 1 is 1.10 bits per heavy atom. The maximum atomic E-state index is 15.3. The molecule has 1 saturated heterocycles. The number of halogens is 2. The van der Waals surface area contributed by atoms with Gasteiger partial charge in [0.15, 0.2) is 0 Å². The zero-order valence-corrected chi connectivity index (χ0v) is 17.1. The molecule has 0 aliphatic carbocycles. The summed E-state index contributed by atoms with van der Waals surface area (Å²) in [6.45, 7) is 3.56. The molecule has 0 saturated carbocycles. The fourth-order valence-electron chi connectivity index (χ4n) is 4.06. The number of aliphatic hydroxyl groups is 1. The van der Waals surface area contributed by atoms with Gasteiger partial charge < -0.3 is 10.0 Å². The van der Waals surface area contributed by atoms with Crippen molar-refractivity contribution >= 4 is 5.91 Å². The molecule has 0 unspecified atom stereocenters. The number of nitrogens with zero attached hydrogens (tertiary/aromatic N) is 1. The molecule has 0 aromatic heterocycles. The van der Waals surface area contributed by atoms with Crippen LogP contribution in [0.15, 0.2) is 42.5 Å². The first-order valence-electron chi connectivity index (χ1n) is 10.3. The first-order chi connectivity index (χ1) is 13.8. The van der Waals surface area contributed by atoms with E-state index < -0.39 is 11.4 Å². The minimum atomic E-state index is -1.46. The Balaban J connectivity index is 1.91. The van der Waals surface area contributed by atoms with Crippen LogP contribution in [0.25, 0.3) is 11.1 Å². The molecule has 3 rings (SSSR count). The van der Waals surface area contributed by atoms with Crippen LogP contribution in [0.1, 0.15) is 51.5 Å². The van der Waals surface area contributed by atoms with E-state index in [4.69, 9.17) is 0 Å². The van der Waals surface area contributed by atoms with E-state index in [2.05, 4.69) is 0 Å². The van der Waals surface area contributed by atoms with Crippen LogP contribution in [0.5, 0.6) is 0 Å². The Morgan fingerprint density at radius 3 is 2.55 bits per heavy atom. The maximum Gasteiger partial charge on any atom is 0.254 e. The number of amides is 1. The van der Waals surface area contributed by atoms with Gasteiger partial charge in [-0.2, -0.15) is 0 Å². The quantitative estimate of drug-likeness (QED) is 0.774. The maximum absolute atomic E-state index is 15.3. The van der Waals surface area contributed by atoms with E-state index in [0.717, 1.165) is 32.1 Å². The number of rotatable bonds is 4. The summed E-state index contributed by atoms with van der Waals surface area (Å²) < 4.78 is 28.9. The Bertz CT molecular complexity index is 860. The van der Waals surface area contributed by atoms with E-state index in [9.17, 15) is 14.3 Å². The molecule has 1 aliphatic rings. The second-order valence-corrected chi connectivity index (χ2v) is 8.41. The van der Waals surface area contributed by atoms with Crippen molar-refractivity contribution in [3.8, 4) is 11.1 Å². The number of hydrogen-bond donors (Lipinski definition) is 1. The van der Waals surface area contributed by atoms with E-state index in [1.807, 2.05) is 0 Å². The zero-order valence-electron chi connectivity index (χ0n) is 17.1. The largest absolute Gasteiger partial charge is 0.381 e. The van der Waals surface area contributed by atoms with Crippen LogP contribution in [0.2, 0.25) is 0 Å². The molecular formula is C24H29F2NO2. The van der Waals surface area contributed by atoms with Gasteiger partial charge in [-0.25, -0.2) is 8.78 Å². The van der Waals surface area contributed by atoms with Gasteiger partial charge in [0, 0.05) is 18.2 Å². The van der Waals surface area contributed by atoms with E-state index in [1.54, 1.807) is 35.2 Å². The van der Waals surface area contributed by atoms with Gasteiger partial charge in [-0.1, -0.05) is 49.6 Å². The Kier molecular flexibility index (Phi) is 6.68. The molecule has 1 fully saturated rings. The average molecular weight is 401 g/mol. The molecule has 0 bridgehead atoms. The molecule has 156 valence electrons.